The van der Waals surface area contributed by atoms with Gasteiger partial charge in [-0.3, -0.25) is 14.4 Å². The van der Waals surface area contributed by atoms with E-state index < -0.39 is 11.9 Å². The number of carbonyl (C=O) groups excluding carboxylic acids is 3. The van der Waals surface area contributed by atoms with E-state index in [0.717, 1.165) is 42.1 Å². The van der Waals surface area contributed by atoms with Gasteiger partial charge in [0, 0.05) is 38.3 Å². The Bertz CT molecular complexity index is 1310. The topological polar surface area (TPSA) is 148 Å². The predicted molar refractivity (Wildman–Crippen MR) is 134 cm³/mol. The van der Waals surface area contributed by atoms with Gasteiger partial charge in [-0.1, -0.05) is 12.1 Å². The van der Waals surface area contributed by atoms with Crippen molar-refractivity contribution in [1.29, 1.82) is 0 Å². The molecule has 2 aliphatic heterocycles. The third kappa shape index (κ3) is 5.18. The summed E-state index contributed by atoms with van der Waals surface area (Å²) in [6.45, 7) is 3.48. The summed E-state index contributed by atoms with van der Waals surface area (Å²) in [6.07, 6.45) is 5.65. The summed E-state index contributed by atoms with van der Waals surface area (Å²) in [4.78, 5) is 48.6. The van der Waals surface area contributed by atoms with E-state index in [2.05, 4.69) is 25.3 Å². The molecule has 0 spiro atoms. The zero-order valence-electron chi connectivity index (χ0n) is 20.7. The van der Waals surface area contributed by atoms with E-state index in [1.807, 2.05) is 24.3 Å². The van der Waals surface area contributed by atoms with Gasteiger partial charge in [0.25, 0.3) is 5.78 Å². The van der Waals surface area contributed by atoms with Crippen molar-refractivity contribution in [3.05, 3.63) is 47.9 Å². The lowest BCUT2D eigenvalue weighted by Gasteiger charge is -2.33. The molecule has 0 unspecified atom stereocenters. The van der Waals surface area contributed by atoms with Gasteiger partial charge in [0.2, 0.25) is 17.7 Å². The SMILES string of the molecule is CC(=O)N[C@@H](CC(N)=O)C(=O)N1CCc2cccc(OC[C@H]3CCCN3c3ccnc4ncnn34)c2C1. The Labute approximate surface area is 213 Å². The number of rotatable bonds is 8. The number of benzene rings is 1. The molecule has 1 saturated heterocycles. The fourth-order valence-corrected chi connectivity index (χ4v) is 5.18. The van der Waals surface area contributed by atoms with Crippen molar-refractivity contribution < 1.29 is 19.1 Å². The lowest BCUT2D eigenvalue weighted by atomic mass is 9.97. The van der Waals surface area contributed by atoms with E-state index in [0.29, 0.717) is 31.9 Å². The number of amides is 3. The van der Waals surface area contributed by atoms with E-state index >= 15 is 0 Å². The Morgan fingerprint density at radius 1 is 1.22 bits per heavy atom. The normalized spacial score (nSPS) is 17.9. The second-order valence-electron chi connectivity index (χ2n) is 9.40. The summed E-state index contributed by atoms with van der Waals surface area (Å²) in [7, 11) is 0. The maximum Gasteiger partial charge on any atom is 0.254 e. The Balaban J connectivity index is 1.31. The molecule has 194 valence electrons. The highest BCUT2D eigenvalue weighted by atomic mass is 16.5. The Kier molecular flexibility index (Phi) is 6.89. The van der Waals surface area contributed by atoms with Crippen LogP contribution in [0.3, 0.4) is 0 Å². The molecule has 1 fully saturated rings. The minimum atomic E-state index is -0.981. The summed E-state index contributed by atoms with van der Waals surface area (Å²) in [6, 6.07) is 7.03. The highest BCUT2D eigenvalue weighted by molar-refractivity contribution is 5.91. The number of aromatic nitrogens is 4. The van der Waals surface area contributed by atoms with Gasteiger partial charge in [0.1, 0.15) is 30.5 Å². The Morgan fingerprint density at radius 3 is 2.89 bits per heavy atom. The molecule has 4 heterocycles. The first kappa shape index (κ1) is 24.5. The molecule has 3 N–H and O–H groups in total. The number of ether oxygens (including phenoxy) is 1. The quantitative estimate of drug-likeness (QED) is 0.447. The molecule has 2 aliphatic rings. The summed E-state index contributed by atoms with van der Waals surface area (Å²) in [5.74, 6) is 0.852. The summed E-state index contributed by atoms with van der Waals surface area (Å²) < 4.78 is 8.11. The van der Waals surface area contributed by atoms with Gasteiger partial charge >= 0.3 is 0 Å². The molecule has 37 heavy (non-hydrogen) atoms. The van der Waals surface area contributed by atoms with Gasteiger partial charge in [0.15, 0.2) is 0 Å². The number of fused-ring (bicyclic) bond motifs is 2. The summed E-state index contributed by atoms with van der Waals surface area (Å²) in [5.41, 5.74) is 7.38. The van der Waals surface area contributed by atoms with E-state index in [1.165, 1.54) is 13.3 Å². The highest BCUT2D eigenvalue weighted by Gasteiger charge is 2.31. The first-order chi connectivity index (χ1) is 17.9. The monoisotopic (exact) mass is 506 g/mol. The fourth-order valence-electron chi connectivity index (χ4n) is 5.18. The van der Waals surface area contributed by atoms with Gasteiger partial charge in [-0.25, -0.2) is 4.98 Å². The molecule has 2 aromatic heterocycles. The summed E-state index contributed by atoms with van der Waals surface area (Å²) in [5, 5.41) is 6.87. The summed E-state index contributed by atoms with van der Waals surface area (Å²) >= 11 is 0. The molecule has 0 aliphatic carbocycles. The van der Waals surface area contributed by atoms with Crippen molar-refractivity contribution in [3.63, 3.8) is 0 Å². The largest absolute Gasteiger partial charge is 0.491 e. The van der Waals surface area contributed by atoms with Gasteiger partial charge in [0.05, 0.1) is 12.5 Å². The highest BCUT2D eigenvalue weighted by Crippen LogP contribution is 2.31. The van der Waals surface area contributed by atoms with Crippen LogP contribution < -0.4 is 20.7 Å². The second-order valence-corrected chi connectivity index (χ2v) is 9.40. The Morgan fingerprint density at radius 2 is 2.08 bits per heavy atom. The Hall–Kier alpha value is -4.22. The maximum atomic E-state index is 13.2. The molecule has 3 amide bonds. The minimum Gasteiger partial charge on any atom is -0.491 e. The second kappa shape index (κ2) is 10.4. The number of nitrogens with two attached hydrogens (primary N) is 1. The lowest BCUT2D eigenvalue weighted by Crippen LogP contribution is -2.50. The van der Waals surface area contributed by atoms with E-state index in [9.17, 15) is 14.4 Å². The molecule has 2 atom stereocenters. The number of hydrogen-bond donors (Lipinski definition) is 2. The first-order valence-corrected chi connectivity index (χ1v) is 12.4. The van der Waals surface area contributed by atoms with Crippen LogP contribution in [0.2, 0.25) is 0 Å². The lowest BCUT2D eigenvalue weighted by molar-refractivity contribution is -0.138. The molecular formula is C25H30N8O4. The minimum absolute atomic E-state index is 0.145. The van der Waals surface area contributed by atoms with Crippen LogP contribution in [0.5, 0.6) is 5.75 Å². The number of carbonyl (C=O) groups is 3. The van der Waals surface area contributed by atoms with Crippen molar-refractivity contribution in [3.8, 4) is 5.75 Å². The van der Waals surface area contributed by atoms with E-state index in [-0.39, 0.29) is 24.3 Å². The molecule has 0 saturated carbocycles. The molecule has 12 nitrogen and oxygen atoms in total. The fraction of sp³-hybridized carbons (Fsp3) is 0.440. The van der Waals surface area contributed by atoms with Crippen LogP contribution in [0.15, 0.2) is 36.8 Å². The van der Waals surface area contributed by atoms with Crippen molar-refractivity contribution in [1.82, 2.24) is 29.8 Å². The van der Waals surface area contributed by atoms with Crippen LogP contribution in [0.1, 0.15) is 37.3 Å². The van der Waals surface area contributed by atoms with Gasteiger partial charge in [-0.2, -0.15) is 14.6 Å². The zero-order valence-corrected chi connectivity index (χ0v) is 20.7. The third-order valence-electron chi connectivity index (χ3n) is 6.89. The number of anilines is 1. The predicted octanol–water partition coefficient (Wildman–Crippen LogP) is 0.437. The molecule has 12 heteroatoms. The van der Waals surface area contributed by atoms with Gasteiger partial charge in [-0.15, -0.1) is 0 Å². The van der Waals surface area contributed by atoms with Crippen LogP contribution in [-0.2, 0) is 27.3 Å². The maximum absolute atomic E-state index is 13.2. The number of nitrogens with zero attached hydrogens (tertiary/aromatic N) is 6. The van der Waals surface area contributed by atoms with E-state index in [1.54, 1.807) is 15.6 Å². The zero-order chi connectivity index (χ0) is 25.9. The van der Waals surface area contributed by atoms with Gasteiger partial charge < -0.3 is 25.6 Å². The first-order valence-electron chi connectivity index (χ1n) is 12.4. The number of nitrogens with one attached hydrogen (secondary N) is 1. The average molecular weight is 507 g/mol. The third-order valence-corrected chi connectivity index (χ3v) is 6.89. The van der Waals surface area contributed by atoms with Crippen LogP contribution in [0, 0.1) is 0 Å². The van der Waals surface area contributed by atoms with Crippen LogP contribution in [0.4, 0.5) is 5.82 Å². The van der Waals surface area contributed by atoms with Gasteiger partial charge in [-0.05, 0) is 37.0 Å². The average Bonchev–Trinajstić information content (AvgIpc) is 3.55. The van der Waals surface area contributed by atoms with Crippen molar-refractivity contribution in [2.24, 2.45) is 5.73 Å². The molecule has 5 rings (SSSR count). The van der Waals surface area contributed by atoms with Crippen LogP contribution in [0.25, 0.3) is 5.78 Å². The molecular weight excluding hydrogens is 476 g/mol. The standard InChI is InChI=1S/C25H30N8O4/c1-16(34)30-20(12-22(26)35)24(36)31-11-8-17-4-2-6-21(19(17)13-31)37-14-18-5-3-10-32(18)23-7-9-27-25-28-15-29-33(23)25/h2,4,6-7,9,15,18,20H,3,5,8,10-14H2,1H3,(H2,26,35)(H,30,34)/t18-,20+/m1/s1. The molecule has 1 aromatic carbocycles. The van der Waals surface area contributed by atoms with E-state index in [4.69, 9.17) is 10.5 Å². The van der Waals surface area contributed by atoms with Crippen molar-refractivity contribution >= 4 is 29.3 Å². The van der Waals surface area contributed by atoms with Crippen molar-refractivity contribution in [2.75, 3.05) is 24.6 Å². The van der Waals surface area contributed by atoms with Crippen LogP contribution >= 0.6 is 0 Å². The van der Waals surface area contributed by atoms with Crippen molar-refractivity contribution in [2.45, 2.75) is 51.2 Å². The van der Waals surface area contributed by atoms with Crippen LogP contribution in [-0.4, -0.2) is 74.0 Å². The molecule has 3 aromatic rings. The molecule has 0 radical (unpaired) electrons. The smallest absolute Gasteiger partial charge is 0.254 e. The number of primary amides is 1. The molecule has 0 bridgehead atoms. The number of hydrogen-bond acceptors (Lipinski definition) is 8.